The van der Waals surface area contributed by atoms with Crippen LogP contribution < -0.4 is 0 Å². The normalized spacial score (nSPS) is 28.9. The highest BCUT2D eigenvalue weighted by molar-refractivity contribution is 5.94. The molecule has 3 atom stereocenters. The molecule has 0 radical (unpaired) electrons. The van der Waals surface area contributed by atoms with Gasteiger partial charge in [0.05, 0.1) is 18.1 Å². The van der Waals surface area contributed by atoms with E-state index in [4.69, 9.17) is 9.99 Å². The van der Waals surface area contributed by atoms with Crippen molar-refractivity contribution in [2.45, 2.75) is 77.2 Å². The van der Waals surface area contributed by atoms with Gasteiger partial charge in [0.15, 0.2) is 5.84 Å². The number of amidine groups is 1. The molecule has 3 heterocycles. The summed E-state index contributed by atoms with van der Waals surface area (Å²) in [4.78, 5) is 13.2. The van der Waals surface area contributed by atoms with Crippen LogP contribution in [0, 0.1) is 24.7 Å². The number of aromatic nitrogens is 2. The molecule has 3 unspecified atom stereocenters. The lowest BCUT2D eigenvalue weighted by atomic mass is 9.60. The number of fused-ring (bicyclic) bond motifs is 3. The van der Waals surface area contributed by atoms with Crippen LogP contribution in [0.1, 0.15) is 84.0 Å². The standard InChI is InChI=1S/C32H36N4O/c1-21-7-9-23(10-8-21)29-17-37-34-30-32(18-31(13-4-14-31)19-36(29)30)15-27(32)25-11-12-28(26-6-3-5-24(25)26)35-16-22(2)33-20-35/h7-12,16,20,27,29H,3-6,13-15,17-19H2,1-2H3. The molecule has 3 fully saturated rings. The molecule has 0 bridgehead atoms. The SMILES string of the molecule is Cc1ccc(C2CON=C3N2CC2(CCC2)CC32CC2c2ccc(-n3cnc(C)c3)c3c2CCC3)cc1. The summed E-state index contributed by atoms with van der Waals surface area (Å²) < 4.78 is 2.23. The first-order chi connectivity index (χ1) is 18.1. The van der Waals surface area contributed by atoms with E-state index in [0.29, 0.717) is 17.9 Å². The number of aryl methyl sites for hydroxylation is 2. The van der Waals surface area contributed by atoms with Gasteiger partial charge in [0.1, 0.15) is 6.61 Å². The van der Waals surface area contributed by atoms with Crippen LogP contribution in [0.25, 0.3) is 5.69 Å². The van der Waals surface area contributed by atoms with Gasteiger partial charge in [-0.15, -0.1) is 0 Å². The zero-order chi connectivity index (χ0) is 24.8. The van der Waals surface area contributed by atoms with Crippen LogP contribution in [0.3, 0.4) is 0 Å². The zero-order valence-electron chi connectivity index (χ0n) is 22.0. The number of oxime groups is 1. The highest BCUT2D eigenvalue weighted by Crippen LogP contribution is 2.71. The van der Waals surface area contributed by atoms with Gasteiger partial charge in [0.2, 0.25) is 0 Å². The number of nitrogens with zero attached hydrogens (tertiary/aromatic N) is 4. The maximum absolute atomic E-state index is 6.02. The van der Waals surface area contributed by atoms with Crippen molar-refractivity contribution in [3.05, 3.63) is 82.4 Å². The van der Waals surface area contributed by atoms with E-state index in [9.17, 15) is 0 Å². The van der Waals surface area contributed by atoms with Crippen LogP contribution in [0.5, 0.6) is 0 Å². The molecule has 0 N–H and O–H groups in total. The van der Waals surface area contributed by atoms with Crippen LogP contribution in [-0.4, -0.2) is 33.4 Å². The largest absolute Gasteiger partial charge is 0.392 e. The van der Waals surface area contributed by atoms with Crippen molar-refractivity contribution in [1.29, 1.82) is 0 Å². The van der Waals surface area contributed by atoms with Gasteiger partial charge in [-0.25, -0.2) is 4.98 Å². The van der Waals surface area contributed by atoms with Crippen LogP contribution in [0.15, 0.2) is 54.1 Å². The fourth-order valence-corrected chi connectivity index (χ4v) is 8.25. The zero-order valence-corrected chi connectivity index (χ0v) is 22.0. The van der Waals surface area contributed by atoms with Crippen molar-refractivity contribution in [2.75, 3.05) is 13.2 Å². The van der Waals surface area contributed by atoms with Gasteiger partial charge >= 0.3 is 0 Å². The smallest absolute Gasteiger partial charge is 0.152 e. The third-order valence-corrected chi connectivity index (χ3v) is 10.3. The van der Waals surface area contributed by atoms with Crippen LogP contribution in [0.2, 0.25) is 0 Å². The van der Waals surface area contributed by atoms with Crippen molar-refractivity contribution in [3.63, 3.8) is 0 Å². The Kier molecular flexibility index (Phi) is 4.58. The second kappa shape index (κ2) is 7.72. The lowest BCUT2D eigenvalue weighted by molar-refractivity contribution is -0.0202. The summed E-state index contributed by atoms with van der Waals surface area (Å²) in [5.41, 5.74) is 10.4. The van der Waals surface area contributed by atoms with Gasteiger partial charge < -0.3 is 14.3 Å². The molecular weight excluding hydrogens is 456 g/mol. The highest BCUT2D eigenvalue weighted by Gasteiger charge is 2.68. The third-order valence-electron chi connectivity index (χ3n) is 10.3. The monoisotopic (exact) mass is 492 g/mol. The molecule has 3 aromatic rings. The van der Waals surface area contributed by atoms with E-state index >= 15 is 0 Å². The lowest BCUT2D eigenvalue weighted by Gasteiger charge is -2.56. The summed E-state index contributed by atoms with van der Waals surface area (Å²) in [6.45, 7) is 6.03. The van der Waals surface area contributed by atoms with Gasteiger partial charge in [0, 0.05) is 23.8 Å². The fraction of sp³-hybridized carbons (Fsp3) is 0.500. The first-order valence-corrected chi connectivity index (χ1v) is 14.2. The van der Waals surface area contributed by atoms with E-state index in [1.54, 1.807) is 16.7 Å². The molecule has 2 saturated carbocycles. The maximum Gasteiger partial charge on any atom is 0.152 e. The molecule has 8 rings (SSSR count). The maximum atomic E-state index is 6.02. The Balaban J connectivity index is 1.18. The number of benzene rings is 2. The van der Waals surface area contributed by atoms with Gasteiger partial charge in [-0.3, -0.25) is 0 Å². The van der Waals surface area contributed by atoms with E-state index in [-0.39, 0.29) is 11.5 Å². The second-order valence-corrected chi connectivity index (χ2v) is 12.6. The molecule has 190 valence electrons. The summed E-state index contributed by atoms with van der Waals surface area (Å²) in [6.07, 6.45) is 14.3. The Labute approximate surface area is 219 Å². The predicted molar refractivity (Wildman–Crippen MR) is 145 cm³/mol. The van der Waals surface area contributed by atoms with Crippen molar-refractivity contribution in [1.82, 2.24) is 14.5 Å². The van der Waals surface area contributed by atoms with Crippen molar-refractivity contribution >= 4 is 5.84 Å². The minimum Gasteiger partial charge on any atom is -0.392 e. The molecule has 1 aromatic heterocycles. The third kappa shape index (κ3) is 3.22. The summed E-state index contributed by atoms with van der Waals surface area (Å²) in [5, 5.41) is 4.85. The number of piperidine rings is 1. The van der Waals surface area contributed by atoms with E-state index in [1.807, 2.05) is 6.33 Å². The van der Waals surface area contributed by atoms with Crippen molar-refractivity contribution in [3.8, 4) is 5.69 Å². The minimum atomic E-state index is 0.130. The topological polar surface area (TPSA) is 42.6 Å². The summed E-state index contributed by atoms with van der Waals surface area (Å²) in [5.74, 6) is 1.80. The van der Waals surface area contributed by atoms with Gasteiger partial charge in [0.25, 0.3) is 0 Å². The molecule has 5 aliphatic rings. The minimum absolute atomic E-state index is 0.130. The Bertz CT molecular complexity index is 1420. The average molecular weight is 493 g/mol. The van der Waals surface area contributed by atoms with Gasteiger partial charge in [-0.1, -0.05) is 47.5 Å². The fourth-order valence-electron chi connectivity index (χ4n) is 8.25. The molecule has 5 heteroatoms. The summed E-state index contributed by atoms with van der Waals surface area (Å²) >= 11 is 0. The predicted octanol–water partition coefficient (Wildman–Crippen LogP) is 6.41. The van der Waals surface area contributed by atoms with Gasteiger partial charge in [-0.05, 0) is 98.4 Å². The lowest BCUT2D eigenvalue weighted by Crippen LogP contribution is -2.57. The van der Waals surface area contributed by atoms with Crippen LogP contribution >= 0.6 is 0 Å². The molecule has 37 heavy (non-hydrogen) atoms. The molecule has 2 aliphatic heterocycles. The van der Waals surface area contributed by atoms with Crippen molar-refractivity contribution < 1.29 is 4.84 Å². The number of imidazole rings is 1. The first kappa shape index (κ1) is 22.0. The van der Waals surface area contributed by atoms with E-state index < -0.39 is 0 Å². The van der Waals surface area contributed by atoms with E-state index in [1.165, 1.54) is 74.0 Å². The summed E-state index contributed by atoms with van der Waals surface area (Å²) in [7, 11) is 0. The molecule has 2 spiro atoms. The Morgan fingerprint density at radius 3 is 2.57 bits per heavy atom. The number of hydrogen-bond donors (Lipinski definition) is 0. The Hall–Kier alpha value is -3.08. The van der Waals surface area contributed by atoms with Crippen LogP contribution in [0.4, 0.5) is 0 Å². The van der Waals surface area contributed by atoms with Gasteiger partial charge in [-0.2, -0.15) is 0 Å². The molecule has 0 amide bonds. The molecule has 5 nitrogen and oxygen atoms in total. The number of hydrogen-bond acceptors (Lipinski definition) is 4. The Morgan fingerprint density at radius 1 is 0.973 bits per heavy atom. The van der Waals surface area contributed by atoms with Crippen LogP contribution in [-0.2, 0) is 17.7 Å². The average Bonchev–Trinajstić information content (AvgIpc) is 3.20. The van der Waals surface area contributed by atoms with E-state index in [0.717, 1.165) is 12.2 Å². The highest BCUT2D eigenvalue weighted by atomic mass is 16.6. The molecule has 3 aliphatic carbocycles. The van der Waals surface area contributed by atoms with E-state index in [2.05, 4.69) is 70.9 Å². The number of rotatable bonds is 3. The summed E-state index contributed by atoms with van der Waals surface area (Å²) in [6, 6.07) is 14.2. The second-order valence-electron chi connectivity index (χ2n) is 12.6. The molecule has 1 saturated heterocycles. The molecule has 2 aromatic carbocycles. The van der Waals surface area contributed by atoms with Crippen molar-refractivity contribution in [2.24, 2.45) is 16.0 Å². The quantitative estimate of drug-likeness (QED) is 0.424. The first-order valence-electron chi connectivity index (χ1n) is 14.2. The Morgan fingerprint density at radius 2 is 1.81 bits per heavy atom. The molecular formula is C32H36N4O.